The van der Waals surface area contributed by atoms with Gasteiger partial charge < -0.3 is 14.2 Å². The van der Waals surface area contributed by atoms with Crippen LogP contribution in [-0.2, 0) is 16.6 Å². The topological polar surface area (TPSA) is 125 Å². The number of nitriles is 1. The van der Waals surface area contributed by atoms with E-state index in [-0.39, 0.29) is 33.9 Å². The van der Waals surface area contributed by atoms with E-state index in [1.54, 1.807) is 19.3 Å². The molecule has 0 bridgehead atoms. The van der Waals surface area contributed by atoms with E-state index in [1.807, 2.05) is 18.2 Å². The molecule has 0 saturated carbocycles. The largest absolute Gasteiger partial charge is 0.455 e. The lowest BCUT2D eigenvalue weighted by molar-refractivity contribution is 0.469. The third kappa shape index (κ3) is 3.74. The van der Waals surface area contributed by atoms with E-state index >= 15 is 0 Å². The average Bonchev–Trinajstić information content (AvgIpc) is 3.46. The zero-order valence-electron chi connectivity index (χ0n) is 15.8. The molecular weight excluding hydrogens is 394 g/mol. The first kappa shape index (κ1) is 19.2. The summed E-state index contributed by atoms with van der Waals surface area (Å²) in [5, 5.41) is 12.4. The zero-order valence-corrected chi connectivity index (χ0v) is 16.6. The van der Waals surface area contributed by atoms with Gasteiger partial charge in [0.05, 0.1) is 0 Å². The molecule has 0 radical (unpaired) electrons. The van der Waals surface area contributed by atoms with Crippen LogP contribution < -0.4 is 5.32 Å². The molecule has 0 aromatic carbocycles. The molecule has 150 valence electrons. The van der Waals surface area contributed by atoms with Gasteiger partial charge in [0.15, 0.2) is 5.76 Å². The smallest absolute Gasteiger partial charge is 0.266 e. The molecule has 10 heteroatoms. The number of aromatic nitrogens is 2. The van der Waals surface area contributed by atoms with Crippen molar-refractivity contribution in [2.24, 2.45) is 0 Å². The molecule has 1 saturated heterocycles. The van der Waals surface area contributed by atoms with Gasteiger partial charge >= 0.3 is 0 Å². The van der Waals surface area contributed by atoms with Crippen LogP contribution in [0.4, 0.5) is 5.88 Å². The van der Waals surface area contributed by atoms with Crippen molar-refractivity contribution in [3.8, 4) is 17.7 Å². The summed E-state index contributed by atoms with van der Waals surface area (Å²) in [6.45, 7) is 2.98. The Kier molecular flexibility index (Phi) is 5.08. The number of sulfonamides is 1. The molecule has 0 aliphatic carbocycles. The third-order valence-corrected chi connectivity index (χ3v) is 6.68. The van der Waals surface area contributed by atoms with E-state index in [9.17, 15) is 13.7 Å². The Balaban J connectivity index is 1.61. The SMILES string of the molecule is Cc1oc(-c2nc(C#N)c(NCc3cccnc3)o2)cc1S(=O)(=O)N1CCCC1. The fraction of sp³-hybridized carbons (Fsp3) is 0.316. The lowest BCUT2D eigenvalue weighted by Crippen LogP contribution is -2.27. The molecule has 29 heavy (non-hydrogen) atoms. The van der Waals surface area contributed by atoms with Crippen molar-refractivity contribution in [3.05, 3.63) is 47.6 Å². The minimum Gasteiger partial charge on any atom is -0.455 e. The predicted molar refractivity (Wildman–Crippen MR) is 103 cm³/mol. The Morgan fingerprint density at radius 2 is 2.10 bits per heavy atom. The summed E-state index contributed by atoms with van der Waals surface area (Å²) < 4.78 is 38.4. The highest BCUT2D eigenvalue weighted by molar-refractivity contribution is 7.89. The second kappa shape index (κ2) is 7.69. The van der Waals surface area contributed by atoms with Crippen molar-refractivity contribution >= 4 is 15.9 Å². The van der Waals surface area contributed by atoms with E-state index in [4.69, 9.17) is 8.83 Å². The highest BCUT2D eigenvalue weighted by Crippen LogP contribution is 2.33. The van der Waals surface area contributed by atoms with Crippen LogP contribution in [0.2, 0.25) is 0 Å². The van der Waals surface area contributed by atoms with Gasteiger partial charge in [-0.2, -0.15) is 14.6 Å². The van der Waals surface area contributed by atoms with E-state index < -0.39 is 10.0 Å². The number of rotatable bonds is 6. The number of oxazole rings is 1. The van der Waals surface area contributed by atoms with Crippen LogP contribution in [0.5, 0.6) is 0 Å². The lowest BCUT2D eigenvalue weighted by atomic mass is 10.3. The van der Waals surface area contributed by atoms with E-state index in [0.29, 0.717) is 19.6 Å². The fourth-order valence-corrected chi connectivity index (χ4v) is 4.88. The van der Waals surface area contributed by atoms with Crippen molar-refractivity contribution in [3.63, 3.8) is 0 Å². The van der Waals surface area contributed by atoms with Crippen LogP contribution in [-0.4, -0.2) is 35.8 Å². The first-order valence-electron chi connectivity index (χ1n) is 9.13. The van der Waals surface area contributed by atoms with Crippen molar-refractivity contribution in [2.45, 2.75) is 31.2 Å². The van der Waals surface area contributed by atoms with Crippen molar-refractivity contribution < 1.29 is 17.3 Å². The van der Waals surface area contributed by atoms with Crippen LogP contribution in [0.25, 0.3) is 11.7 Å². The van der Waals surface area contributed by atoms with E-state index in [0.717, 1.165) is 18.4 Å². The summed E-state index contributed by atoms with van der Waals surface area (Å²) in [6.07, 6.45) is 5.06. The van der Waals surface area contributed by atoms with E-state index in [1.165, 1.54) is 10.4 Å². The quantitative estimate of drug-likeness (QED) is 0.654. The second-order valence-electron chi connectivity index (χ2n) is 6.67. The average molecular weight is 413 g/mol. The van der Waals surface area contributed by atoms with Crippen molar-refractivity contribution in [1.29, 1.82) is 5.26 Å². The molecule has 3 aromatic rings. The Morgan fingerprint density at radius 3 is 2.79 bits per heavy atom. The van der Waals surface area contributed by atoms with Gasteiger partial charge in [-0.05, 0) is 31.4 Å². The zero-order chi connectivity index (χ0) is 20.4. The van der Waals surface area contributed by atoms with Gasteiger partial charge in [0, 0.05) is 38.1 Å². The first-order chi connectivity index (χ1) is 14.0. The predicted octanol–water partition coefficient (Wildman–Crippen LogP) is 2.91. The molecule has 0 unspecified atom stereocenters. The maximum atomic E-state index is 12.8. The number of hydrogen-bond acceptors (Lipinski definition) is 8. The van der Waals surface area contributed by atoms with Gasteiger partial charge in [-0.25, -0.2) is 8.42 Å². The van der Waals surface area contributed by atoms with Crippen molar-refractivity contribution in [1.82, 2.24) is 14.3 Å². The maximum absolute atomic E-state index is 12.8. The van der Waals surface area contributed by atoms with Gasteiger partial charge in [0.25, 0.3) is 5.89 Å². The van der Waals surface area contributed by atoms with Crippen LogP contribution in [0.15, 0.2) is 44.3 Å². The second-order valence-corrected chi connectivity index (χ2v) is 8.57. The molecule has 4 rings (SSSR count). The molecule has 1 aliphatic rings. The summed E-state index contributed by atoms with van der Waals surface area (Å²) >= 11 is 0. The van der Waals surface area contributed by atoms with Crippen LogP contribution in [0.1, 0.15) is 29.9 Å². The molecular formula is C19H19N5O4S. The van der Waals surface area contributed by atoms with Crippen LogP contribution >= 0.6 is 0 Å². The number of pyridine rings is 1. The Hall–Kier alpha value is -3.16. The number of nitrogens with one attached hydrogen (secondary N) is 1. The highest BCUT2D eigenvalue weighted by Gasteiger charge is 2.32. The minimum absolute atomic E-state index is 0.0428. The minimum atomic E-state index is -3.63. The number of aryl methyl sites for hydroxylation is 1. The molecule has 1 fully saturated rings. The third-order valence-electron chi connectivity index (χ3n) is 4.67. The normalized spacial score (nSPS) is 14.8. The summed E-state index contributed by atoms with van der Waals surface area (Å²) in [7, 11) is -3.63. The molecule has 1 N–H and O–H groups in total. The number of anilines is 1. The lowest BCUT2D eigenvalue weighted by Gasteiger charge is -2.14. The Labute approximate surface area is 168 Å². The Morgan fingerprint density at radius 1 is 1.31 bits per heavy atom. The van der Waals surface area contributed by atoms with Gasteiger partial charge in [-0.3, -0.25) is 4.98 Å². The number of hydrogen-bond donors (Lipinski definition) is 1. The first-order valence-corrected chi connectivity index (χ1v) is 10.6. The number of furan rings is 1. The Bertz CT molecular complexity index is 1160. The van der Waals surface area contributed by atoms with Gasteiger partial charge in [-0.1, -0.05) is 6.07 Å². The van der Waals surface area contributed by atoms with Crippen LogP contribution in [0, 0.1) is 18.3 Å². The summed E-state index contributed by atoms with van der Waals surface area (Å²) in [6, 6.07) is 7.06. The maximum Gasteiger partial charge on any atom is 0.266 e. The summed E-state index contributed by atoms with van der Waals surface area (Å²) in [5.41, 5.74) is 0.962. The van der Waals surface area contributed by atoms with E-state index in [2.05, 4.69) is 15.3 Å². The monoisotopic (exact) mass is 413 g/mol. The molecule has 0 amide bonds. The molecule has 3 aromatic heterocycles. The van der Waals surface area contributed by atoms with Crippen LogP contribution in [0.3, 0.4) is 0 Å². The molecule has 0 spiro atoms. The van der Waals surface area contributed by atoms with Gasteiger partial charge in [0.2, 0.25) is 21.6 Å². The van der Waals surface area contributed by atoms with Crippen molar-refractivity contribution in [2.75, 3.05) is 18.4 Å². The number of nitrogens with zero attached hydrogens (tertiary/aromatic N) is 4. The van der Waals surface area contributed by atoms with Gasteiger partial charge in [-0.15, -0.1) is 0 Å². The standard InChI is InChI=1S/C19H19N5O4S/c1-13-17(29(25,26)24-7-2-3-8-24)9-16(27-13)19-23-15(10-20)18(28-19)22-12-14-5-4-6-21-11-14/h4-6,9,11,22H,2-3,7-8,12H2,1H3. The van der Waals surface area contributed by atoms with Gasteiger partial charge in [0.1, 0.15) is 16.7 Å². The fourth-order valence-electron chi connectivity index (χ4n) is 3.20. The molecule has 1 aliphatic heterocycles. The molecule has 0 atom stereocenters. The molecule has 9 nitrogen and oxygen atoms in total. The highest BCUT2D eigenvalue weighted by atomic mass is 32.2. The summed E-state index contributed by atoms with van der Waals surface area (Å²) in [5.74, 6) is 0.644. The molecule has 4 heterocycles. The summed E-state index contributed by atoms with van der Waals surface area (Å²) in [4.78, 5) is 8.26.